The molecule has 514 valence electrons. The van der Waals surface area contributed by atoms with Crippen molar-refractivity contribution in [2.24, 2.45) is 9.98 Å². The number of anilines is 6. The summed E-state index contributed by atoms with van der Waals surface area (Å²) in [5.74, 6) is 1.26. The van der Waals surface area contributed by atoms with Crippen molar-refractivity contribution < 1.29 is 119 Å². The molecule has 0 aromatic heterocycles. The quantitative estimate of drug-likeness (QED) is 0.0285. The number of isocyanates is 2. The third kappa shape index (κ3) is 75.7. The fourth-order valence-corrected chi connectivity index (χ4v) is 3.88. The lowest BCUT2D eigenvalue weighted by molar-refractivity contribution is -0.138. The predicted molar refractivity (Wildman–Crippen MR) is 345 cm³/mol. The minimum Gasteiger partial charge on any atom is -0.469 e. The molecular weight excluding hydrogens is 1190 g/mol. The van der Waals surface area contributed by atoms with Gasteiger partial charge in [0.1, 0.15) is 0 Å². The van der Waals surface area contributed by atoms with Gasteiger partial charge in [-0.25, -0.2) is 38.4 Å². The Morgan fingerprint density at radius 2 is 0.708 bits per heavy atom. The Morgan fingerprint density at radius 1 is 0.427 bits per heavy atom. The molecule has 0 atom stereocenters. The van der Waals surface area contributed by atoms with Gasteiger partial charge in [-0.2, -0.15) is 9.98 Å². The van der Waals surface area contributed by atoms with E-state index in [1.54, 1.807) is 61.5 Å². The zero-order valence-electron chi connectivity index (χ0n) is 51.1. The average molecular weight is 1290 g/mol. The Hall–Kier alpha value is -10.3. The zero-order chi connectivity index (χ0) is 66.2. The topological polar surface area (TPSA) is 592 Å². The van der Waals surface area contributed by atoms with Crippen LogP contribution in [0.3, 0.4) is 0 Å². The number of esters is 2. The highest BCUT2D eigenvalue weighted by atomic mass is 16.7. The molecule has 4 aromatic carbocycles. The smallest absolute Gasteiger partial charge is 0.411 e. The van der Waals surface area contributed by atoms with Gasteiger partial charge >= 0.3 is 36.3 Å². The first kappa shape index (κ1) is 121. The molecule has 4 amide bonds. The van der Waals surface area contributed by atoms with Gasteiger partial charge in [0.25, 0.3) is 0 Å². The molecule has 0 aliphatic heterocycles. The van der Waals surface area contributed by atoms with E-state index < -0.39 is 24.4 Å². The van der Waals surface area contributed by atoms with E-state index in [9.17, 15) is 38.4 Å². The van der Waals surface area contributed by atoms with Crippen LogP contribution in [0.5, 0.6) is 0 Å². The molecule has 0 saturated heterocycles. The third-order valence-electron chi connectivity index (χ3n) is 7.64. The van der Waals surface area contributed by atoms with Crippen molar-refractivity contribution >= 4 is 106 Å². The molecule has 34 nitrogen and oxygen atoms in total. The Labute approximate surface area is 519 Å². The van der Waals surface area contributed by atoms with Crippen molar-refractivity contribution in [1.29, 1.82) is 0 Å². The molecule has 0 unspecified atom stereocenters. The Bertz CT molecular complexity index is 2450. The molecule has 0 aliphatic rings. The van der Waals surface area contributed by atoms with Crippen LogP contribution in [0.15, 0.2) is 82.8 Å². The van der Waals surface area contributed by atoms with Crippen LogP contribution in [0.2, 0.25) is 0 Å². The highest BCUT2D eigenvalue weighted by Crippen LogP contribution is 2.24. The maximum atomic E-state index is 11.1. The standard InChI is InChI=1S/2C11H14N2O4.C9H6N2O2.C7H10N2.2C3H6O2.C2O2.C2H6.4CH4O.3CH4.O2.4H2O/c2*1-7-4-5-8(12-10(14)16-2)6-9(7)13-11(15)17-3;1-7-2-3-8(10-5-12)4-9(7)11-6-13;1-5-2-3-6(8)4-7(5)9;2*1-3(4)5-2;3-1-2-4;5*1-2;;;;1-2;;;;/h2*4-6H,1-3H3,(H,12,14)(H,13,15);2-4H,1H3;2-4H,8-9H2,1H3;2*1-2H3;;1-2H3;4*2H,1H3;3*1H4;;4*1H2. The number of aliphatic hydroxyl groups is 4. The highest BCUT2D eigenvalue weighted by Gasteiger charge is 2.08. The largest absolute Gasteiger partial charge is 0.469 e. The van der Waals surface area contributed by atoms with Crippen LogP contribution in [0.25, 0.3) is 0 Å². The second-order valence-corrected chi connectivity index (χ2v) is 12.6. The minimum atomic E-state index is -0.571. The summed E-state index contributed by atoms with van der Waals surface area (Å²) >= 11 is 0. The summed E-state index contributed by atoms with van der Waals surface area (Å²) in [5.41, 5.74) is 19.1. The Kier molecular flexibility index (Phi) is 121. The zero-order valence-corrected chi connectivity index (χ0v) is 51.1. The van der Waals surface area contributed by atoms with Crippen molar-refractivity contribution in [3.63, 3.8) is 0 Å². The van der Waals surface area contributed by atoms with Gasteiger partial charge in [-0.1, -0.05) is 60.4 Å². The highest BCUT2D eigenvalue weighted by molar-refractivity contribution is 5.90. The van der Waals surface area contributed by atoms with E-state index in [2.05, 4.69) is 59.7 Å². The van der Waals surface area contributed by atoms with Crippen molar-refractivity contribution in [1.82, 2.24) is 0 Å². The number of nitrogen functional groups attached to an aromatic ring is 2. The number of benzene rings is 4. The number of rotatable bonds is 6. The molecule has 0 saturated carbocycles. The maximum absolute atomic E-state index is 11.1. The number of nitrogens with zero attached hydrogens (tertiary/aromatic N) is 2. The van der Waals surface area contributed by atoms with E-state index in [4.69, 9.17) is 51.4 Å². The van der Waals surface area contributed by atoms with Crippen LogP contribution in [0.4, 0.5) is 64.7 Å². The average Bonchev–Trinajstić information content (AvgIpc) is 3.50. The summed E-state index contributed by atoms with van der Waals surface area (Å²) < 4.78 is 26.1. The lowest BCUT2D eigenvalue weighted by atomic mass is 10.2. The first-order chi connectivity index (χ1) is 39.1. The lowest BCUT2D eigenvalue weighted by Crippen LogP contribution is -2.14. The SMILES string of the molecule is C.C.C.CC.CO.CO.CO.CO.COC(=O)Nc1ccc(C)c(NC(=O)OC)c1.COC(=O)Nc1ccc(C)c(NC(=O)OC)c1.COC(C)=O.COC(C)=O.Cc1ccc(N)cc1N.Cc1ccc(N=C=O)cc1N=C=O.O.O.O.O.O=C=C=O.O=O. The van der Waals surface area contributed by atoms with Gasteiger partial charge in [0.05, 0.1) is 54.0 Å². The minimum absolute atomic E-state index is 0. The number of hydrogen-bond acceptors (Lipinski definition) is 26. The van der Waals surface area contributed by atoms with E-state index in [0.717, 1.165) is 74.0 Å². The van der Waals surface area contributed by atoms with Gasteiger partial charge in [0.2, 0.25) is 24.0 Å². The van der Waals surface area contributed by atoms with Gasteiger partial charge in [0, 0.05) is 86.3 Å². The third-order valence-corrected chi connectivity index (χ3v) is 7.64. The van der Waals surface area contributed by atoms with E-state index in [-0.39, 0.29) is 56.1 Å². The van der Waals surface area contributed by atoms with Gasteiger partial charge in [-0.05, 0) is 98.5 Å². The number of aliphatic imine (C=N–C) groups is 2. The number of methoxy groups -OCH3 is 6. The summed E-state index contributed by atoms with van der Waals surface area (Å²) in [7, 11) is 11.8. The first-order valence-electron chi connectivity index (χ1n) is 22.3. The lowest BCUT2D eigenvalue weighted by Gasteiger charge is -2.10. The molecule has 89 heavy (non-hydrogen) atoms. The second-order valence-electron chi connectivity index (χ2n) is 12.6. The first-order valence-corrected chi connectivity index (χ1v) is 22.3. The summed E-state index contributed by atoms with van der Waals surface area (Å²) in [6.07, 6.45) is 0.561. The summed E-state index contributed by atoms with van der Waals surface area (Å²) in [6, 6.07) is 20.5. The van der Waals surface area contributed by atoms with Crippen molar-refractivity contribution in [3.05, 3.63) is 105 Å². The number of nitrogens with one attached hydrogen (secondary N) is 4. The van der Waals surface area contributed by atoms with Gasteiger partial charge in [-0.3, -0.25) is 30.9 Å². The van der Waals surface area contributed by atoms with E-state index >= 15 is 0 Å². The molecule has 0 spiro atoms. The van der Waals surface area contributed by atoms with Crippen LogP contribution < -0.4 is 32.7 Å². The molecular formula is C55H98N8O26. The molecule has 20 N–H and O–H groups in total. The predicted octanol–water partition coefficient (Wildman–Crippen LogP) is 5.49. The van der Waals surface area contributed by atoms with Crippen molar-refractivity contribution in [2.45, 2.75) is 77.7 Å². The Balaban J connectivity index is -0.0000000498. The fraction of sp³-hybridized carbons (Fsp3) is 0.382. The van der Waals surface area contributed by atoms with E-state index in [1.165, 1.54) is 74.7 Å². The number of carbonyl (C=O) groups is 6. The van der Waals surface area contributed by atoms with Crippen LogP contribution in [0, 0.1) is 37.6 Å². The molecule has 0 radical (unpaired) electrons. The second kappa shape index (κ2) is 88.9. The fourth-order valence-electron chi connectivity index (χ4n) is 3.88. The number of aliphatic hydroxyl groups excluding tert-OH is 4. The van der Waals surface area contributed by atoms with Crippen LogP contribution in [0.1, 0.15) is 72.2 Å². The van der Waals surface area contributed by atoms with Crippen molar-refractivity contribution in [3.8, 4) is 0 Å². The maximum Gasteiger partial charge on any atom is 0.411 e. The van der Waals surface area contributed by atoms with Crippen LogP contribution in [-0.2, 0) is 57.2 Å². The van der Waals surface area contributed by atoms with Gasteiger partial charge < -0.3 is 82.2 Å². The molecule has 4 aromatic rings. The van der Waals surface area contributed by atoms with E-state index in [1.807, 2.05) is 46.8 Å². The molecule has 4 rings (SSSR count). The number of amides is 4. The van der Waals surface area contributed by atoms with Crippen LogP contribution >= 0.6 is 0 Å². The normalized spacial score (nSPS) is 7.03. The van der Waals surface area contributed by atoms with Gasteiger partial charge in [-0.15, -0.1) is 0 Å². The molecule has 34 heteroatoms. The van der Waals surface area contributed by atoms with Crippen molar-refractivity contribution in [2.75, 3.05) is 104 Å². The molecule has 0 aliphatic carbocycles. The monoisotopic (exact) mass is 1290 g/mol. The van der Waals surface area contributed by atoms with E-state index in [0.29, 0.717) is 34.1 Å². The number of aryl methyl sites for hydroxylation is 4. The molecule has 0 bridgehead atoms. The number of carbonyl (C=O) groups excluding carboxylic acids is 10. The van der Waals surface area contributed by atoms with Gasteiger partial charge in [0.15, 0.2) is 0 Å². The number of hydrogen-bond donors (Lipinski definition) is 10. The summed E-state index contributed by atoms with van der Waals surface area (Å²) in [6.45, 7) is 14.1. The summed E-state index contributed by atoms with van der Waals surface area (Å²) in [5, 5.41) is 38.1. The molecule has 0 fully saturated rings. The van der Waals surface area contributed by atoms with Crippen LogP contribution in [-0.4, -0.2) is 174 Å². The Morgan fingerprint density at radius 3 is 0.955 bits per heavy atom. The molecule has 0 heterocycles. The summed E-state index contributed by atoms with van der Waals surface area (Å²) in [4.78, 5) is 121. The number of ether oxygens (including phenoxy) is 6. The number of nitrogens with two attached hydrogens (primary N) is 2.